The molecule has 1 aliphatic heterocycles. The molecular weight excluding hydrogens is 190 g/mol. The summed E-state index contributed by atoms with van der Waals surface area (Å²) < 4.78 is 10.7. The third-order valence-corrected chi connectivity index (χ3v) is 2.87. The maximum Gasteiger partial charge on any atom is 0.165 e. The number of hydrogen-bond acceptors (Lipinski definition) is 3. The fraction of sp³-hybridized carbons (Fsp3) is 0.500. The zero-order valence-electron chi connectivity index (χ0n) is 9.25. The molecule has 1 atom stereocenters. The van der Waals surface area contributed by atoms with Crippen LogP contribution in [0.5, 0.6) is 11.5 Å². The molecule has 0 radical (unpaired) electrons. The highest BCUT2D eigenvalue weighted by molar-refractivity contribution is 5.48. The number of nitrogens with one attached hydrogen (secondary N) is 1. The number of para-hydroxylation sites is 1. The van der Waals surface area contributed by atoms with Gasteiger partial charge in [0.2, 0.25) is 0 Å². The van der Waals surface area contributed by atoms with Crippen LogP contribution < -0.4 is 14.8 Å². The van der Waals surface area contributed by atoms with Crippen LogP contribution in [0.2, 0.25) is 0 Å². The van der Waals surface area contributed by atoms with E-state index in [2.05, 4.69) is 11.4 Å². The van der Waals surface area contributed by atoms with Crippen molar-refractivity contribution in [3.63, 3.8) is 0 Å². The zero-order valence-corrected chi connectivity index (χ0v) is 9.25. The van der Waals surface area contributed by atoms with Gasteiger partial charge >= 0.3 is 0 Å². The first-order valence-corrected chi connectivity index (χ1v) is 5.31. The second kappa shape index (κ2) is 4.53. The molecule has 3 heteroatoms. The molecule has 1 aromatic rings. The van der Waals surface area contributed by atoms with Crippen LogP contribution in [-0.2, 0) is 0 Å². The van der Waals surface area contributed by atoms with Crippen LogP contribution in [0, 0.1) is 0 Å². The van der Waals surface area contributed by atoms with Gasteiger partial charge in [0.1, 0.15) is 0 Å². The quantitative estimate of drug-likeness (QED) is 0.823. The van der Waals surface area contributed by atoms with Crippen molar-refractivity contribution in [1.82, 2.24) is 5.32 Å². The van der Waals surface area contributed by atoms with E-state index < -0.39 is 0 Å². The first kappa shape index (κ1) is 10.3. The fourth-order valence-corrected chi connectivity index (χ4v) is 2.14. The van der Waals surface area contributed by atoms with Crippen molar-refractivity contribution >= 4 is 0 Å². The van der Waals surface area contributed by atoms with Gasteiger partial charge in [0, 0.05) is 11.6 Å². The van der Waals surface area contributed by atoms with Crippen LogP contribution in [0.1, 0.15) is 24.4 Å². The Kier molecular flexibility index (Phi) is 3.11. The van der Waals surface area contributed by atoms with Crippen molar-refractivity contribution < 1.29 is 9.47 Å². The van der Waals surface area contributed by atoms with E-state index in [1.807, 2.05) is 12.1 Å². The van der Waals surface area contributed by atoms with Crippen LogP contribution in [0.15, 0.2) is 18.2 Å². The second-order valence-electron chi connectivity index (χ2n) is 3.73. The molecule has 0 amide bonds. The Hall–Kier alpha value is -1.22. The van der Waals surface area contributed by atoms with Crippen LogP contribution in [0.3, 0.4) is 0 Å². The first-order chi connectivity index (χ1) is 7.36. The summed E-state index contributed by atoms with van der Waals surface area (Å²) in [6, 6.07) is 6.45. The second-order valence-corrected chi connectivity index (χ2v) is 3.73. The van der Waals surface area contributed by atoms with Crippen LogP contribution in [0.4, 0.5) is 0 Å². The Balaban J connectivity index is 2.36. The minimum atomic E-state index is 0.412. The van der Waals surface area contributed by atoms with Gasteiger partial charge in [0.15, 0.2) is 11.5 Å². The van der Waals surface area contributed by atoms with Gasteiger partial charge in [-0.3, -0.25) is 0 Å². The van der Waals surface area contributed by atoms with E-state index in [4.69, 9.17) is 9.47 Å². The van der Waals surface area contributed by atoms with E-state index in [1.165, 1.54) is 18.4 Å². The Morgan fingerprint density at radius 3 is 2.73 bits per heavy atom. The van der Waals surface area contributed by atoms with Crippen molar-refractivity contribution in [2.45, 2.75) is 18.9 Å². The van der Waals surface area contributed by atoms with Gasteiger partial charge in [-0.25, -0.2) is 0 Å². The van der Waals surface area contributed by atoms with Crippen molar-refractivity contribution in [1.29, 1.82) is 0 Å². The molecular formula is C12H17NO2. The Labute approximate surface area is 90.4 Å². The summed E-state index contributed by atoms with van der Waals surface area (Å²) in [5.74, 6) is 1.67. The molecule has 0 aromatic heterocycles. The highest BCUT2D eigenvalue weighted by Gasteiger charge is 2.21. The first-order valence-electron chi connectivity index (χ1n) is 5.31. The monoisotopic (exact) mass is 207 g/mol. The van der Waals surface area contributed by atoms with E-state index >= 15 is 0 Å². The number of rotatable bonds is 3. The topological polar surface area (TPSA) is 30.5 Å². The standard InChI is InChI=1S/C12H17NO2/c1-14-11-7-3-5-9(12(11)15-2)10-6-4-8-13-10/h3,5,7,10,13H,4,6,8H2,1-2H3/t10-/m0/s1. The van der Waals surface area contributed by atoms with Crippen molar-refractivity contribution in [2.75, 3.05) is 20.8 Å². The molecule has 0 saturated carbocycles. The molecule has 0 aliphatic carbocycles. The molecule has 0 bridgehead atoms. The number of benzene rings is 1. The third kappa shape index (κ3) is 1.92. The fourth-order valence-electron chi connectivity index (χ4n) is 2.14. The summed E-state index contributed by atoms with van der Waals surface area (Å²) in [5, 5.41) is 3.46. The Morgan fingerprint density at radius 2 is 2.13 bits per heavy atom. The molecule has 0 spiro atoms. The predicted octanol–water partition coefficient (Wildman–Crippen LogP) is 2.13. The van der Waals surface area contributed by atoms with Gasteiger partial charge in [0.25, 0.3) is 0 Å². The van der Waals surface area contributed by atoms with Gasteiger partial charge in [-0.1, -0.05) is 12.1 Å². The van der Waals surface area contributed by atoms with E-state index in [1.54, 1.807) is 14.2 Å². The molecule has 1 heterocycles. The molecule has 0 unspecified atom stereocenters. The lowest BCUT2D eigenvalue weighted by Crippen LogP contribution is -2.14. The number of methoxy groups -OCH3 is 2. The number of ether oxygens (including phenoxy) is 2. The maximum absolute atomic E-state index is 5.41. The molecule has 1 saturated heterocycles. The van der Waals surface area contributed by atoms with Gasteiger partial charge in [-0.2, -0.15) is 0 Å². The molecule has 15 heavy (non-hydrogen) atoms. The number of hydrogen-bond donors (Lipinski definition) is 1. The maximum atomic E-state index is 5.41. The van der Waals surface area contributed by atoms with Crippen LogP contribution >= 0.6 is 0 Å². The SMILES string of the molecule is COc1cccc([C@@H]2CCCN2)c1OC. The molecule has 1 fully saturated rings. The molecule has 82 valence electrons. The average molecular weight is 207 g/mol. The summed E-state index contributed by atoms with van der Waals surface area (Å²) in [4.78, 5) is 0. The summed E-state index contributed by atoms with van der Waals surface area (Å²) in [5.41, 5.74) is 1.20. The van der Waals surface area contributed by atoms with Gasteiger partial charge in [0.05, 0.1) is 14.2 Å². The van der Waals surface area contributed by atoms with E-state index in [-0.39, 0.29) is 0 Å². The third-order valence-electron chi connectivity index (χ3n) is 2.87. The lowest BCUT2D eigenvalue weighted by atomic mass is 10.0. The zero-order chi connectivity index (χ0) is 10.7. The smallest absolute Gasteiger partial charge is 0.165 e. The van der Waals surface area contributed by atoms with Gasteiger partial charge in [-0.15, -0.1) is 0 Å². The molecule has 1 aromatic carbocycles. The van der Waals surface area contributed by atoms with Crippen molar-refractivity contribution in [2.24, 2.45) is 0 Å². The van der Waals surface area contributed by atoms with Crippen LogP contribution in [0.25, 0.3) is 0 Å². The van der Waals surface area contributed by atoms with E-state index in [9.17, 15) is 0 Å². The van der Waals surface area contributed by atoms with E-state index in [0.29, 0.717) is 6.04 Å². The molecule has 3 nitrogen and oxygen atoms in total. The minimum absolute atomic E-state index is 0.412. The molecule has 2 rings (SSSR count). The predicted molar refractivity (Wildman–Crippen MR) is 59.5 cm³/mol. The minimum Gasteiger partial charge on any atom is -0.493 e. The average Bonchev–Trinajstić information content (AvgIpc) is 2.81. The van der Waals surface area contributed by atoms with Crippen molar-refractivity contribution in [3.05, 3.63) is 23.8 Å². The summed E-state index contributed by atoms with van der Waals surface area (Å²) in [7, 11) is 3.36. The highest BCUT2D eigenvalue weighted by atomic mass is 16.5. The Bertz CT molecular complexity index is 332. The van der Waals surface area contributed by atoms with Crippen molar-refractivity contribution in [3.8, 4) is 11.5 Å². The summed E-state index contributed by atoms with van der Waals surface area (Å²) in [6.45, 7) is 1.09. The summed E-state index contributed by atoms with van der Waals surface area (Å²) >= 11 is 0. The lowest BCUT2D eigenvalue weighted by Gasteiger charge is -2.17. The highest BCUT2D eigenvalue weighted by Crippen LogP contribution is 2.37. The molecule has 1 N–H and O–H groups in total. The lowest BCUT2D eigenvalue weighted by molar-refractivity contribution is 0.348. The van der Waals surface area contributed by atoms with Gasteiger partial charge < -0.3 is 14.8 Å². The van der Waals surface area contributed by atoms with Gasteiger partial charge in [-0.05, 0) is 25.5 Å². The van der Waals surface area contributed by atoms with Crippen LogP contribution in [-0.4, -0.2) is 20.8 Å². The van der Waals surface area contributed by atoms with E-state index in [0.717, 1.165) is 18.0 Å². The largest absolute Gasteiger partial charge is 0.493 e. The Morgan fingerprint density at radius 1 is 1.27 bits per heavy atom. The normalized spacial score (nSPS) is 20.3. The summed E-state index contributed by atoms with van der Waals surface area (Å²) in [6.07, 6.45) is 2.40. The molecule has 1 aliphatic rings.